The molecule has 4 heteroatoms. The van der Waals surface area contributed by atoms with Crippen molar-refractivity contribution in [3.05, 3.63) is 29.8 Å². The van der Waals surface area contributed by atoms with Gasteiger partial charge in [-0.15, -0.1) is 0 Å². The zero-order valence-corrected chi connectivity index (χ0v) is 16.3. The van der Waals surface area contributed by atoms with E-state index < -0.39 is 0 Å². The Bertz CT molecular complexity index is 640. The van der Waals surface area contributed by atoms with Gasteiger partial charge in [-0.25, -0.2) is 0 Å². The van der Waals surface area contributed by atoms with Crippen LogP contribution in [0.3, 0.4) is 0 Å². The van der Waals surface area contributed by atoms with E-state index in [4.69, 9.17) is 0 Å². The summed E-state index contributed by atoms with van der Waals surface area (Å²) in [6, 6.07) is 10.2. The third kappa shape index (κ3) is 3.48. The first kappa shape index (κ1) is 17.8. The largest absolute Gasteiger partial charge is 0.385 e. The van der Waals surface area contributed by atoms with E-state index in [1.807, 2.05) is 0 Å². The van der Waals surface area contributed by atoms with Crippen LogP contribution in [-0.2, 0) is 11.3 Å². The molecule has 2 fully saturated rings. The van der Waals surface area contributed by atoms with E-state index in [2.05, 4.69) is 53.2 Å². The summed E-state index contributed by atoms with van der Waals surface area (Å²) in [4.78, 5) is 18.0. The molecule has 2 heterocycles. The van der Waals surface area contributed by atoms with Gasteiger partial charge in [-0.1, -0.05) is 24.6 Å². The fourth-order valence-corrected chi connectivity index (χ4v) is 5.11. The topological polar surface area (TPSA) is 35.6 Å². The number of carbonyl (C=O) groups is 1. The molecule has 1 amide bonds. The lowest BCUT2D eigenvalue weighted by atomic mass is 9.84. The van der Waals surface area contributed by atoms with Crippen LogP contribution in [0, 0.1) is 5.92 Å². The highest BCUT2D eigenvalue weighted by Gasteiger charge is 2.38. The van der Waals surface area contributed by atoms with Crippen molar-refractivity contribution in [1.82, 2.24) is 9.80 Å². The molecule has 4 nitrogen and oxygen atoms in total. The van der Waals surface area contributed by atoms with Gasteiger partial charge in [0.2, 0.25) is 5.91 Å². The van der Waals surface area contributed by atoms with Crippen LogP contribution in [0.1, 0.15) is 57.9 Å². The van der Waals surface area contributed by atoms with Crippen molar-refractivity contribution in [3.63, 3.8) is 0 Å². The highest BCUT2D eigenvalue weighted by Crippen LogP contribution is 2.33. The Balaban J connectivity index is 1.63. The number of carbonyl (C=O) groups excluding carboxylic acids is 1. The lowest BCUT2D eigenvalue weighted by Gasteiger charge is -2.38. The van der Waals surface area contributed by atoms with E-state index in [9.17, 15) is 4.79 Å². The number of para-hydroxylation sites is 1. The van der Waals surface area contributed by atoms with Gasteiger partial charge in [-0.05, 0) is 57.6 Å². The number of nitrogens with zero attached hydrogens (tertiary/aromatic N) is 2. The molecule has 1 saturated carbocycles. The van der Waals surface area contributed by atoms with Crippen molar-refractivity contribution in [2.24, 2.45) is 5.92 Å². The van der Waals surface area contributed by atoms with Gasteiger partial charge in [0.25, 0.3) is 0 Å². The smallest absolute Gasteiger partial charge is 0.226 e. The molecular formula is C22H33N3O. The van der Waals surface area contributed by atoms with Crippen molar-refractivity contribution in [3.8, 4) is 0 Å². The van der Waals surface area contributed by atoms with Gasteiger partial charge in [0, 0.05) is 49.4 Å². The molecule has 0 aromatic heterocycles. The monoisotopic (exact) mass is 355 g/mol. The summed E-state index contributed by atoms with van der Waals surface area (Å²) in [7, 11) is 0. The average molecular weight is 356 g/mol. The Hall–Kier alpha value is -1.55. The Morgan fingerprint density at radius 2 is 1.85 bits per heavy atom. The summed E-state index contributed by atoms with van der Waals surface area (Å²) < 4.78 is 0. The summed E-state index contributed by atoms with van der Waals surface area (Å²) in [6.45, 7) is 7.26. The van der Waals surface area contributed by atoms with Crippen molar-refractivity contribution in [2.75, 3.05) is 18.4 Å². The number of fused-ring (bicyclic) bond motifs is 3. The van der Waals surface area contributed by atoms with Gasteiger partial charge in [-0.3, -0.25) is 9.69 Å². The summed E-state index contributed by atoms with van der Waals surface area (Å²) in [6.07, 6.45) is 7.04. The number of hydrogen-bond donors (Lipinski definition) is 1. The van der Waals surface area contributed by atoms with Crippen LogP contribution in [0.25, 0.3) is 0 Å². The molecule has 1 aromatic rings. The fourth-order valence-electron chi connectivity index (χ4n) is 5.11. The maximum atomic E-state index is 13.2. The van der Waals surface area contributed by atoms with E-state index >= 15 is 0 Å². The summed E-state index contributed by atoms with van der Waals surface area (Å²) in [5.41, 5.74) is 2.46. The first-order valence-corrected chi connectivity index (χ1v) is 10.5. The van der Waals surface area contributed by atoms with Gasteiger partial charge in [0.15, 0.2) is 0 Å². The van der Waals surface area contributed by atoms with E-state index in [0.717, 1.165) is 32.5 Å². The molecule has 0 spiro atoms. The Morgan fingerprint density at radius 3 is 2.58 bits per heavy atom. The lowest BCUT2D eigenvalue weighted by molar-refractivity contribution is -0.139. The maximum absolute atomic E-state index is 13.2. The molecule has 2 aliphatic heterocycles. The Kier molecular flexibility index (Phi) is 5.21. The van der Waals surface area contributed by atoms with Gasteiger partial charge in [-0.2, -0.15) is 0 Å². The van der Waals surface area contributed by atoms with Crippen molar-refractivity contribution in [1.29, 1.82) is 0 Å². The molecule has 0 unspecified atom stereocenters. The predicted octanol–water partition coefficient (Wildman–Crippen LogP) is 3.87. The maximum Gasteiger partial charge on any atom is 0.226 e. The van der Waals surface area contributed by atoms with Crippen LogP contribution in [-0.4, -0.2) is 46.9 Å². The van der Waals surface area contributed by atoms with E-state index in [1.165, 1.54) is 36.9 Å². The van der Waals surface area contributed by atoms with E-state index in [0.29, 0.717) is 24.0 Å². The van der Waals surface area contributed by atoms with Gasteiger partial charge < -0.3 is 10.2 Å². The Labute approximate surface area is 157 Å². The predicted molar refractivity (Wildman–Crippen MR) is 106 cm³/mol. The van der Waals surface area contributed by atoms with Crippen LogP contribution in [0.15, 0.2) is 24.3 Å². The second-order valence-electron chi connectivity index (χ2n) is 8.65. The molecule has 3 aliphatic rings. The SMILES string of the molecule is CC(C)N1[C@H]2CCNc3ccccc3CN(C(=O)C3CCC3)C[C@@H]1CC2. The van der Waals surface area contributed by atoms with Crippen molar-refractivity contribution >= 4 is 11.6 Å². The second-order valence-corrected chi connectivity index (χ2v) is 8.65. The van der Waals surface area contributed by atoms with Crippen LogP contribution in [0.2, 0.25) is 0 Å². The summed E-state index contributed by atoms with van der Waals surface area (Å²) in [5, 5.41) is 3.66. The normalized spacial score (nSPS) is 27.4. The first-order valence-electron chi connectivity index (χ1n) is 10.5. The molecule has 4 rings (SSSR count). The van der Waals surface area contributed by atoms with Crippen LogP contribution in [0.5, 0.6) is 0 Å². The molecule has 1 saturated heterocycles. The highest BCUT2D eigenvalue weighted by molar-refractivity contribution is 5.80. The fraction of sp³-hybridized carbons (Fsp3) is 0.682. The average Bonchev–Trinajstić information content (AvgIpc) is 2.95. The number of amides is 1. The van der Waals surface area contributed by atoms with Gasteiger partial charge >= 0.3 is 0 Å². The summed E-state index contributed by atoms with van der Waals surface area (Å²) in [5.74, 6) is 0.655. The standard InChI is InChI=1S/C22H33N3O/c1-16(2)25-19-10-11-20(25)15-24(22(26)17-7-5-8-17)14-18-6-3-4-9-21(18)23-13-12-19/h3-4,6,9,16-17,19-20,23H,5,7-8,10-15H2,1-2H3/t19-,20+/m1/s1. The number of nitrogens with one attached hydrogen (secondary N) is 1. The van der Waals surface area contributed by atoms with Crippen LogP contribution >= 0.6 is 0 Å². The zero-order chi connectivity index (χ0) is 18.1. The quantitative estimate of drug-likeness (QED) is 0.875. The molecule has 26 heavy (non-hydrogen) atoms. The highest BCUT2D eigenvalue weighted by atomic mass is 16.2. The van der Waals surface area contributed by atoms with E-state index in [1.54, 1.807) is 0 Å². The Morgan fingerprint density at radius 1 is 1.08 bits per heavy atom. The van der Waals surface area contributed by atoms with Crippen LogP contribution < -0.4 is 5.32 Å². The third-order valence-electron chi connectivity index (χ3n) is 6.64. The number of rotatable bonds is 2. The number of benzene rings is 1. The first-order chi connectivity index (χ1) is 12.6. The lowest BCUT2D eigenvalue weighted by Crippen LogP contribution is -2.49. The van der Waals surface area contributed by atoms with Gasteiger partial charge in [0.1, 0.15) is 0 Å². The molecule has 0 radical (unpaired) electrons. The molecule has 1 aromatic carbocycles. The zero-order valence-electron chi connectivity index (χ0n) is 16.3. The third-order valence-corrected chi connectivity index (χ3v) is 6.64. The second kappa shape index (κ2) is 7.59. The molecule has 2 bridgehead atoms. The minimum absolute atomic E-state index is 0.268. The minimum atomic E-state index is 0.268. The van der Waals surface area contributed by atoms with Gasteiger partial charge in [0.05, 0.1) is 0 Å². The number of anilines is 1. The molecule has 2 atom stereocenters. The van der Waals surface area contributed by atoms with E-state index in [-0.39, 0.29) is 5.92 Å². The molecule has 1 aliphatic carbocycles. The van der Waals surface area contributed by atoms with Crippen molar-refractivity contribution in [2.45, 2.75) is 77.0 Å². The van der Waals surface area contributed by atoms with Crippen molar-refractivity contribution < 1.29 is 4.79 Å². The molecule has 142 valence electrons. The minimum Gasteiger partial charge on any atom is -0.385 e. The molecular weight excluding hydrogens is 322 g/mol. The summed E-state index contributed by atoms with van der Waals surface area (Å²) >= 11 is 0. The number of hydrogen-bond acceptors (Lipinski definition) is 3. The molecule has 1 N–H and O–H groups in total. The van der Waals surface area contributed by atoms with Crippen LogP contribution in [0.4, 0.5) is 5.69 Å².